The number of ether oxygens (including phenoxy) is 1. The summed E-state index contributed by atoms with van der Waals surface area (Å²) in [6, 6.07) is 1.63. The zero-order valence-corrected chi connectivity index (χ0v) is 11.9. The van der Waals surface area contributed by atoms with Gasteiger partial charge in [0.2, 0.25) is 0 Å². The molecule has 0 aliphatic heterocycles. The predicted molar refractivity (Wildman–Crippen MR) is 69.5 cm³/mol. The van der Waals surface area contributed by atoms with Gasteiger partial charge in [-0.2, -0.15) is 17.6 Å². The van der Waals surface area contributed by atoms with Gasteiger partial charge in [-0.25, -0.2) is 13.2 Å². The van der Waals surface area contributed by atoms with Crippen LogP contribution in [0, 0.1) is 5.82 Å². The third kappa shape index (κ3) is 2.51. The van der Waals surface area contributed by atoms with Crippen molar-refractivity contribution >= 4 is 0 Å². The second-order valence-electron chi connectivity index (χ2n) is 5.14. The van der Waals surface area contributed by atoms with E-state index in [0.29, 0.717) is 12.1 Å². The van der Waals surface area contributed by atoms with Crippen LogP contribution >= 0.6 is 0 Å². The van der Waals surface area contributed by atoms with Crippen molar-refractivity contribution in [3.05, 3.63) is 53.1 Å². The number of hydrogen-bond acceptors (Lipinski definition) is 3. The summed E-state index contributed by atoms with van der Waals surface area (Å²) in [5, 5.41) is 9.65. The highest BCUT2D eigenvalue weighted by Gasteiger charge is 2.69. The number of nitrogens with zero attached hydrogens (tertiary/aromatic N) is 1. The molecule has 0 radical (unpaired) electrons. The van der Waals surface area contributed by atoms with Gasteiger partial charge in [0.05, 0.1) is 19.3 Å². The molecule has 0 saturated heterocycles. The molecule has 0 amide bonds. The van der Waals surface area contributed by atoms with Crippen molar-refractivity contribution in [3.63, 3.8) is 0 Å². The maximum atomic E-state index is 13.9. The first-order chi connectivity index (χ1) is 11.9. The third-order valence-corrected chi connectivity index (χ3v) is 3.60. The van der Waals surface area contributed by atoms with Gasteiger partial charge in [0.25, 0.3) is 6.43 Å². The quantitative estimate of drug-likeness (QED) is 0.797. The van der Waals surface area contributed by atoms with Crippen LogP contribution in [0.2, 0.25) is 0 Å². The molecular weight excluding hydrogens is 359 g/mol. The average molecular weight is 368 g/mol. The van der Waals surface area contributed by atoms with E-state index in [4.69, 9.17) is 6.11 Å². The highest BCUT2D eigenvalue weighted by molar-refractivity contribution is 5.54. The van der Waals surface area contributed by atoms with Crippen LogP contribution in [0.25, 0.3) is 0 Å². The molecule has 1 aromatic carbocycles. The Hall–Kier alpha value is -2.36. The second-order valence-corrected chi connectivity index (χ2v) is 5.14. The SMILES string of the molecule is [2H][C@]1(O)c2c(ccc(Oc3cncc(F)c3)c2C(F)F)C(F)(F)C1(F)F. The molecule has 0 bridgehead atoms. The smallest absolute Gasteiger partial charge is 0.343 e. The zero-order chi connectivity index (χ0) is 19.5. The fraction of sp³-hybridized carbons (Fsp3) is 0.267. The van der Waals surface area contributed by atoms with E-state index in [1.165, 1.54) is 0 Å². The topological polar surface area (TPSA) is 42.4 Å². The first kappa shape index (κ1) is 16.1. The maximum Gasteiger partial charge on any atom is 0.343 e. The van der Waals surface area contributed by atoms with E-state index in [2.05, 4.69) is 4.98 Å². The summed E-state index contributed by atoms with van der Waals surface area (Å²) in [5.74, 6) is -12.6. The number of aromatic nitrogens is 1. The van der Waals surface area contributed by atoms with Crippen LogP contribution < -0.4 is 4.74 Å². The number of fused-ring (bicyclic) bond motifs is 1. The Balaban J connectivity index is 2.23. The van der Waals surface area contributed by atoms with E-state index in [9.17, 15) is 35.8 Å². The summed E-state index contributed by atoms with van der Waals surface area (Å²) >= 11 is 0. The second kappa shape index (κ2) is 5.58. The molecule has 1 heterocycles. The largest absolute Gasteiger partial charge is 0.455 e. The molecule has 0 spiro atoms. The van der Waals surface area contributed by atoms with Gasteiger partial charge in [-0.05, 0) is 12.1 Å². The highest BCUT2D eigenvalue weighted by Crippen LogP contribution is 2.60. The minimum absolute atomic E-state index is 0.351. The van der Waals surface area contributed by atoms with Gasteiger partial charge in [0.15, 0.2) is 6.08 Å². The van der Waals surface area contributed by atoms with E-state index in [-0.39, 0.29) is 0 Å². The van der Waals surface area contributed by atoms with E-state index in [1.807, 2.05) is 0 Å². The van der Waals surface area contributed by atoms with Gasteiger partial charge in [0, 0.05) is 17.2 Å². The molecule has 10 heteroatoms. The van der Waals surface area contributed by atoms with Crippen LogP contribution in [-0.2, 0) is 5.92 Å². The Morgan fingerprint density at radius 3 is 2.48 bits per heavy atom. The number of hydrogen-bond donors (Lipinski definition) is 1. The number of halogens is 7. The van der Waals surface area contributed by atoms with Crippen molar-refractivity contribution in [2.24, 2.45) is 0 Å². The molecule has 1 aliphatic carbocycles. The normalized spacial score (nSPS) is 24.1. The number of benzene rings is 1. The fourth-order valence-corrected chi connectivity index (χ4v) is 2.47. The standard InChI is InChI=1S/C15H8F7NO2/c16-6-3-7(5-23-4-6)25-9-2-1-8-10(11(9)13(17)18)12(24)15(21,22)14(8,19)20/h1-5,12-13,24H/t12-/m0/s1/i12D. The summed E-state index contributed by atoms with van der Waals surface area (Å²) in [5.41, 5.74) is -4.77. The summed E-state index contributed by atoms with van der Waals surface area (Å²) < 4.78 is 108. The summed E-state index contributed by atoms with van der Waals surface area (Å²) in [4.78, 5) is 3.39. The molecule has 25 heavy (non-hydrogen) atoms. The zero-order valence-electron chi connectivity index (χ0n) is 12.9. The van der Waals surface area contributed by atoms with Crippen molar-refractivity contribution in [3.8, 4) is 11.5 Å². The molecule has 2 aromatic rings. The minimum atomic E-state index is -5.36. The number of pyridine rings is 1. The molecule has 3 rings (SSSR count). The van der Waals surface area contributed by atoms with Gasteiger partial charge in [-0.3, -0.25) is 4.98 Å². The number of rotatable bonds is 3. The Labute approximate surface area is 137 Å². The Bertz CT molecular complexity index is 873. The summed E-state index contributed by atoms with van der Waals surface area (Å²) in [7, 11) is 0. The van der Waals surface area contributed by atoms with Crippen molar-refractivity contribution in [1.29, 1.82) is 0 Å². The molecule has 3 nitrogen and oxygen atoms in total. The van der Waals surface area contributed by atoms with Crippen LogP contribution in [0.3, 0.4) is 0 Å². The lowest BCUT2D eigenvalue weighted by atomic mass is 10.0. The Morgan fingerprint density at radius 1 is 1.20 bits per heavy atom. The van der Waals surface area contributed by atoms with Crippen LogP contribution in [0.1, 0.15) is 30.6 Å². The van der Waals surface area contributed by atoms with Crippen molar-refractivity contribution < 1.29 is 41.9 Å². The van der Waals surface area contributed by atoms with Crippen molar-refractivity contribution in [1.82, 2.24) is 4.98 Å². The maximum absolute atomic E-state index is 13.9. The van der Waals surface area contributed by atoms with Gasteiger partial charge in [0.1, 0.15) is 17.3 Å². The Morgan fingerprint density at radius 2 is 1.88 bits per heavy atom. The summed E-state index contributed by atoms with van der Waals surface area (Å²) in [6.07, 6.45) is -6.30. The van der Waals surface area contributed by atoms with E-state index in [1.54, 1.807) is 0 Å². The van der Waals surface area contributed by atoms with E-state index >= 15 is 0 Å². The van der Waals surface area contributed by atoms with Gasteiger partial charge in [-0.1, -0.05) is 0 Å². The molecule has 0 fully saturated rings. The fourth-order valence-electron chi connectivity index (χ4n) is 2.47. The predicted octanol–water partition coefficient (Wildman–Crippen LogP) is 4.72. The Kier molecular flexibility index (Phi) is 3.60. The first-order valence-electron chi connectivity index (χ1n) is 7.13. The van der Waals surface area contributed by atoms with Crippen LogP contribution in [0.5, 0.6) is 11.5 Å². The van der Waals surface area contributed by atoms with E-state index in [0.717, 1.165) is 18.5 Å². The van der Waals surface area contributed by atoms with Crippen molar-refractivity contribution in [2.75, 3.05) is 0 Å². The lowest BCUT2D eigenvalue weighted by molar-refractivity contribution is -0.246. The van der Waals surface area contributed by atoms with Crippen LogP contribution in [-0.4, -0.2) is 16.0 Å². The van der Waals surface area contributed by atoms with Crippen molar-refractivity contribution in [2.45, 2.75) is 24.4 Å². The monoisotopic (exact) mass is 368 g/mol. The van der Waals surface area contributed by atoms with Gasteiger partial charge < -0.3 is 9.84 Å². The molecule has 0 saturated carbocycles. The molecule has 1 aromatic heterocycles. The molecule has 134 valence electrons. The van der Waals surface area contributed by atoms with Gasteiger partial charge in [-0.15, -0.1) is 0 Å². The first-order valence-corrected chi connectivity index (χ1v) is 6.63. The minimum Gasteiger partial charge on any atom is -0.455 e. The number of alkyl halides is 6. The molecule has 1 aliphatic rings. The summed E-state index contributed by atoms with van der Waals surface area (Å²) in [6.45, 7) is 0. The average Bonchev–Trinajstić information content (AvgIpc) is 2.63. The molecular formula is C15H8F7NO2. The van der Waals surface area contributed by atoms with E-state index < -0.39 is 58.4 Å². The molecule has 0 unspecified atom stereocenters. The lowest BCUT2D eigenvalue weighted by Crippen LogP contribution is -2.36. The third-order valence-electron chi connectivity index (χ3n) is 3.60. The van der Waals surface area contributed by atoms with Crippen LogP contribution in [0.4, 0.5) is 30.7 Å². The van der Waals surface area contributed by atoms with Gasteiger partial charge >= 0.3 is 11.8 Å². The molecule has 1 N–H and O–H groups in total. The molecule has 1 atom stereocenters. The highest BCUT2D eigenvalue weighted by atomic mass is 19.3. The van der Waals surface area contributed by atoms with Crippen LogP contribution in [0.15, 0.2) is 30.6 Å². The lowest BCUT2D eigenvalue weighted by Gasteiger charge is -2.21. The number of aliphatic hydroxyl groups is 1.